The van der Waals surface area contributed by atoms with Crippen molar-refractivity contribution in [3.63, 3.8) is 0 Å². The maximum Gasteiger partial charge on any atom is 0.135 e. The molecule has 0 aliphatic heterocycles. The molecule has 0 spiro atoms. The Morgan fingerprint density at radius 3 is 2.57 bits per heavy atom. The Hall–Kier alpha value is -1.65. The van der Waals surface area contributed by atoms with Crippen LogP contribution in [0.25, 0.3) is 0 Å². The number of aromatic nitrogens is 2. The molecule has 0 bridgehead atoms. The van der Waals surface area contributed by atoms with Gasteiger partial charge >= 0.3 is 0 Å². The quantitative estimate of drug-likeness (QED) is 0.819. The van der Waals surface area contributed by atoms with Gasteiger partial charge in [-0.2, -0.15) is 0 Å². The third kappa shape index (κ3) is 4.41. The van der Waals surface area contributed by atoms with E-state index in [2.05, 4.69) is 27.4 Å². The number of methoxy groups -OCH3 is 1. The molecule has 0 aliphatic rings. The van der Waals surface area contributed by atoms with Crippen LogP contribution in [-0.4, -0.2) is 17.1 Å². The topological polar surface area (TPSA) is 47.0 Å². The van der Waals surface area contributed by atoms with Gasteiger partial charge in [-0.15, -0.1) is 0 Å². The highest BCUT2D eigenvalue weighted by atomic mass is 35.5. The average Bonchev–Trinajstić information content (AvgIpc) is 2.46. The molecule has 1 aromatic heterocycles. The summed E-state index contributed by atoms with van der Waals surface area (Å²) in [5.74, 6) is 1.73. The zero-order valence-corrected chi connectivity index (χ0v) is 13.3. The van der Waals surface area contributed by atoms with Gasteiger partial charge in [-0.1, -0.05) is 49.7 Å². The number of nitrogens with one attached hydrogen (secondary N) is 1. The molecule has 1 aromatic carbocycles. The van der Waals surface area contributed by atoms with Gasteiger partial charge in [-0.25, -0.2) is 9.97 Å². The summed E-state index contributed by atoms with van der Waals surface area (Å²) in [5.41, 5.74) is 2.34. The van der Waals surface area contributed by atoms with Crippen LogP contribution in [0.1, 0.15) is 36.7 Å². The molecule has 1 N–H and O–H groups in total. The van der Waals surface area contributed by atoms with E-state index in [4.69, 9.17) is 16.3 Å². The van der Waals surface area contributed by atoms with Gasteiger partial charge in [0.15, 0.2) is 0 Å². The van der Waals surface area contributed by atoms with Crippen LogP contribution in [0.15, 0.2) is 30.3 Å². The lowest BCUT2D eigenvalue weighted by atomic mass is 10.1. The Bertz CT molecular complexity index is 602. The highest BCUT2D eigenvalue weighted by molar-refractivity contribution is 6.29. The molecule has 0 saturated heterocycles. The van der Waals surface area contributed by atoms with Crippen molar-refractivity contribution in [2.45, 2.75) is 32.9 Å². The average molecular weight is 306 g/mol. The van der Waals surface area contributed by atoms with Crippen molar-refractivity contribution in [2.24, 2.45) is 0 Å². The zero-order valence-electron chi connectivity index (χ0n) is 12.6. The number of ether oxygens (including phenoxy) is 1. The van der Waals surface area contributed by atoms with Crippen LogP contribution in [0.4, 0.5) is 5.82 Å². The van der Waals surface area contributed by atoms with Crippen LogP contribution in [0.5, 0.6) is 0 Å². The molecule has 0 amide bonds. The van der Waals surface area contributed by atoms with Crippen molar-refractivity contribution in [1.82, 2.24) is 9.97 Å². The molecule has 0 unspecified atom stereocenters. The fraction of sp³-hybridized carbons (Fsp3) is 0.375. The minimum atomic E-state index is 0.241. The minimum absolute atomic E-state index is 0.241. The summed E-state index contributed by atoms with van der Waals surface area (Å²) < 4.78 is 5.22. The lowest BCUT2D eigenvalue weighted by molar-refractivity contribution is 0.184. The van der Waals surface area contributed by atoms with E-state index in [0.717, 1.165) is 17.2 Å². The SMILES string of the molecule is COCc1ccccc1CNc1cc(Cl)nc(C(C)C)n1. The van der Waals surface area contributed by atoms with Gasteiger partial charge in [0, 0.05) is 25.6 Å². The van der Waals surface area contributed by atoms with Gasteiger partial charge in [0.05, 0.1) is 6.61 Å². The molecule has 4 nitrogen and oxygen atoms in total. The number of nitrogens with zero attached hydrogens (tertiary/aromatic N) is 2. The molecule has 0 aliphatic carbocycles. The van der Waals surface area contributed by atoms with Crippen LogP contribution in [-0.2, 0) is 17.9 Å². The van der Waals surface area contributed by atoms with E-state index in [9.17, 15) is 0 Å². The number of rotatable bonds is 6. The molecule has 5 heteroatoms. The minimum Gasteiger partial charge on any atom is -0.380 e. The molecule has 0 saturated carbocycles. The van der Waals surface area contributed by atoms with Gasteiger partial charge in [-0.05, 0) is 11.1 Å². The van der Waals surface area contributed by atoms with E-state index in [1.54, 1.807) is 13.2 Å². The highest BCUT2D eigenvalue weighted by Gasteiger charge is 2.08. The van der Waals surface area contributed by atoms with Gasteiger partial charge in [0.2, 0.25) is 0 Å². The van der Waals surface area contributed by atoms with Crippen LogP contribution >= 0.6 is 11.6 Å². The van der Waals surface area contributed by atoms with Gasteiger partial charge in [0.1, 0.15) is 16.8 Å². The first-order valence-corrected chi connectivity index (χ1v) is 7.32. The fourth-order valence-electron chi connectivity index (χ4n) is 2.00. The first kappa shape index (κ1) is 15.7. The van der Waals surface area contributed by atoms with Crippen molar-refractivity contribution in [1.29, 1.82) is 0 Å². The highest BCUT2D eigenvalue weighted by Crippen LogP contribution is 2.18. The van der Waals surface area contributed by atoms with Gasteiger partial charge in [0.25, 0.3) is 0 Å². The summed E-state index contributed by atoms with van der Waals surface area (Å²) in [7, 11) is 1.70. The van der Waals surface area contributed by atoms with Crippen LogP contribution in [0.2, 0.25) is 5.15 Å². The summed E-state index contributed by atoms with van der Waals surface area (Å²) in [6.45, 7) is 5.36. The second kappa shape index (κ2) is 7.38. The summed E-state index contributed by atoms with van der Waals surface area (Å²) in [4.78, 5) is 8.72. The van der Waals surface area contributed by atoms with E-state index in [0.29, 0.717) is 18.3 Å². The normalized spacial score (nSPS) is 10.9. The second-order valence-electron chi connectivity index (χ2n) is 5.14. The number of benzene rings is 1. The van der Waals surface area contributed by atoms with Crippen molar-refractivity contribution < 1.29 is 4.74 Å². The molecule has 2 rings (SSSR count). The maximum atomic E-state index is 6.05. The van der Waals surface area contributed by atoms with Gasteiger partial charge in [-0.3, -0.25) is 0 Å². The Kier molecular flexibility index (Phi) is 5.53. The van der Waals surface area contributed by atoms with E-state index < -0.39 is 0 Å². The first-order chi connectivity index (χ1) is 10.1. The van der Waals surface area contributed by atoms with Crippen molar-refractivity contribution in [2.75, 3.05) is 12.4 Å². The van der Waals surface area contributed by atoms with E-state index in [-0.39, 0.29) is 5.92 Å². The van der Waals surface area contributed by atoms with E-state index >= 15 is 0 Å². The summed E-state index contributed by atoms with van der Waals surface area (Å²) in [6, 6.07) is 9.91. The third-order valence-corrected chi connectivity index (χ3v) is 3.30. The first-order valence-electron chi connectivity index (χ1n) is 6.94. The molecule has 112 valence electrons. The number of hydrogen-bond acceptors (Lipinski definition) is 4. The largest absolute Gasteiger partial charge is 0.380 e. The summed E-state index contributed by atoms with van der Waals surface area (Å²) >= 11 is 6.05. The Morgan fingerprint density at radius 2 is 1.90 bits per heavy atom. The number of anilines is 1. The predicted octanol–water partition coefficient (Wildman–Crippen LogP) is 4.01. The Labute approximate surface area is 130 Å². The van der Waals surface area contributed by atoms with Crippen molar-refractivity contribution >= 4 is 17.4 Å². The predicted molar refractivity (Wildman–Crippen MR) is 85.6 cm³/mol. The smallest absolute Gasteiger partial charge is 0.135 e. The molecule has 0 radical (unpaired) electrons. The molecular weight excluding hydrogens is 286 g/mol. The summed E-state index contributed by atoms with van der Waals surface area (Å²) in [6.07, 6.45) is 0. The van der Waals surface area contributed by atoms with Crippen LogP contribution in [0.3, 0.4) is 0 Å². The van der Waals surface area contributed by atoms with Crippen molar-refractivity contribution in [3.8, 4) is 0 Å². The summed E-state index contributed by atoms with van der Waals surface area (Å²) in [5, 5.41) is 3.76. The monoisotopic (exact) mass is 305 g/mol. The van der Waals surface area contributed by atoms with Crippen LogP contribution < -0.4 is 5.32 Å². The van der Waals surface area contributed by atoms with E-state index in [1.807, 2.05) is 26.0 Å². The molecule has 2 aromatic rings. The lowest BCUT2D eigenvalue weighted by Crippen LogP contribution is -2.07. The lowest BCUT2D eigenvalue weighted by Gasteiger charge is -2.12. The number of hydrogen-bond donors (Lipinski definition) is 1. The standard InChI is InChI=1S/C16H20ClN3O/c1-11(2)16-19-14(17)8-15(20-16)18-9-12-6-4-5-7-13(12)10-21-3/h4-8,11H,9-10H2,1-3H3,(H,18,19,20). The molecule has 0 fully saturated rings. The van der Waals surface area contributed by atoms with Crippen molar-refractivity contribution in [3.05, 3.63) is 52.4 Å². The second-order valence-corrected chi connectivity index (χ2v) is 5.53. The van der Waals surface area contributed by atoms with Gasteiger partial charge < -0.3 is 10.1 Å². The number of halogens is 1. The Balaban J connectivity index is 2.13. The third-order valence-electron chi connectivity index (χ3n) is 3.11. The molecule has 0 atom stereocenters. The maximum absolute atomic E-state index is 6.05. The Morgan fingerprint density at radius 1 is 1.19 bits per heavy atom. The zero-order chi connectivity index (χ0) is 15.2. The fourth-order valence-corrected chi connectivity index (χ4v) is 2.19. The molecular formula is C16H20ClN3O. The van der Waals surface area contributed by atoms with E-state index in [1.165, 1.54) is 5.56 Å². The van der Waals surface area contributed by atoms with Crippen LogP contribution in [0, 0.1) is 0 Å². The molecule has 21 heavy (non-hydrogen) atoms. The molecule has 1 heterocycles.